The highest BCUT2D eigenvalue weighted by molar-refractivity contribution is 5.94. The maximum atomic E-state index is 11.3. The number of carbonyl (C=O) groups is 1. The van der Waals surface area contributed by atoms with Crippen LogP contribution in [0, 0.1) is 6.92 Å². The van der Waals surface area contributed by atoms with E-state index in [1.54, 1.807) is 21.1 Å². The molecule has 104 valence electrons. The molecule has 0 aliphatic carbocycles. The molecule has 5 nitrogen and oxygen atoms in total. The molecule has 0 unspecified atom stereocenters. The van der Waals surface area contributed by atoms with Gasteiger partial charge >= 0.3 is 0 Å². The standard InChI is InChI=1S/C10H10N2O.C4H10O2/c1-7-10(8(2)13)12-6-4-3-5-9(12)11-7;1-5-3-4-6-2/h3-6H,1-2H3;3-4H2,1-2H3. The first-order valence-electron chi connectivity index (χ1n) is 6.04. The Morgan fingerprint density at radius 1 is 1.26 bits per heavy atom. The Kier molecular flexibility index (Phi) is 6.18. The molecule has 0 N–H and O–H groups in total. The SMILES string of the molecule is CC(=O)c1c(C)nc2ccccn12.COCCOC. The molecule has 0 amide bonds. The lowest BCUT2D eigenvalue weighted by molar-refractivity contribution is 0.101. The van der Waals surface area contributed by atoms with Gasteiger partial charge in [0, 0.05) is 27.3 Å². The zero-order valence-corrected chi connectivity index (χ0v) is 11.8. The van der Waals surface area contributed by atoms with Crippen molar-refractivity contribution in [1.82, 2.24) is 9.38 Å². The maximum Gasteiger partial charge on any atom is 0.178 e. The van der Waals surface area contributed by atoms with Gasteiger partial charge in [-0.1, -0.05) is 6.07 Å². The number of aryl methyl sites for hydroxylation is 1. The molecule has 2 aromatic heterocycles. The molecule has 2 aromatic rings. The van der Waals surface area contributed by atoms with Gasteiger partial charge in [-0.3, -0.25) is 9.20 Å². The molecule has 0 fully saturated rings. The molecule has 0 aliphatic heterocycles. The van der Waals surface area contributed by atoms with Gasteiger partial charge in [-0.25, -0.2) is 4.98 Å². The minimum absolute atomic E-state index is 0.0520. The van der Waals surface area contributed by atoms with Crippen molar-refractivity contribution in [2.45, 2.75) is 13.8 Å². The third kappa shape index (κ3) is 4.15. The summed E-state index contributed by atoms with van der Waals surface area (Å²) in [5.41, 5.74) is 2.29. The number of aromatic nitrogens is 2. The van der Waals surface area contributed by atoms with Gasteiger partial charge in [0.15, 0.2) is 5.78 Å². The second-order valence-corrected chi connectivity index (χ2v) is 4.02. The third-order valence-corrected chi connectivity index (χ3v) is 2.53. The van der Waals surface area contributed by atoms with Gasteiger partial charge in [0.05, 0.1) is 18.9 Å². The average molecular weight is 264 g/mol. The van der Waals surface area contributed by atoms with E-state index in [1.165, 1.54) is 0 Å². The number of nitrogens with zero attached hydrogens (tertiary/aromatic N) is 2. The number of hydrogen-bond acceptors (Lipinski definition) is 4. The summed E-state index contributed by atoms with van der Waals surface area (Å²) >= 11 is 0. The average Bonchev–Trinajstić information content (AvgIpc) is 2.72. The monoisotopic (exact) mass is 264 g/mol. The van der Waals surface area contributed by atoms with E-state index in [0.29, 0.717) is 18.9 Å². The van der Waals surface area contributed by atoms with Crippen LogP contribution in [0.1, 0.15) is 23.1 Å². The molecule has 0 saturated heterocycles. The van der Waals surface area contributed by atoms with E-state index in [0.717, 1.165) is 11.3 Å². The zero-order chi connectivity index (χ0) is 14.3. The number of Topliss-reactive ketones (excluding diaryl/α,β-unsaturated/α-hetero) is 1. The van der Waals surface area contributed by atoms with Gasteiger partial charge in [0.1, 0.15) is 11.3 Å². The van der Waals surface area contributed by atoms with E-state index in [9.17, 15) is 4.79 Å². The van der Waals surface area contributed by atoms with E-state index in [4.69, 9.17) is 0 Å². The Labute approximate surface area is 113 Å². The second kappa shape index (κ2) is 7.66. The third-order valence-electron chi connectivity index (χ3n) is 2.53. The highest BCUT2D eigenvalue weighted by atomic mass is 16.5. The maximum absolute atomic E-state index is 11.3. The van der Waals surface area contributed by atoms with Crippen LogP contribution in [-0.2, 0) is 9.47 Å². The first-order valence-corrected chi connectivity index (χ1v) is 6.04. The Morgan fingerprint density at radius 3 is 2.42 bits per heavy atom. The molecule has 0 atom stereocenters. The number of pyridine rings is 1. The predicted molar refractivity (Wildman–Crippen MR) is 73.7 cm³/mol. The molecular formula is C14H20N2O3. The van der Waals surface area contributed by atoms with Crippen molar-refractivity contribution in [1.29, 1.82) is 0 Å². The lowest BCUT2D eigenvalue weighted by Crippen LogP contribution is -1.99. The number of imidazole rings is 1. The van der Waals surface area contributed by atoms with Crippen molar-refractivity contribution < 1.29 is 14.3 Å². The van der Waals surface area contributed by atoms with Crippen molar-refractivity contribution in [3.05, 3.63) is 35.8 Å². The molecule has 0 aromatic carbocycles. The quantitative estimate of drug-likeness (QED) is 0.627. The molecule has 0 bridgehead atoms. The summed E-state index contributed by atoms with van der Waals surface area (Å²) < 4.78 is 11.1. The topological polar surface area (TPSA) is 52.8 Å². The van der Waals surface area contributed by atoms with Crippen molar-refractivity contribution in [3.63, 3.8) is 0 Å². The Balaban J connectivity index is 0.000000258. The summed E-state index contributed by atoms with van der Waals surface area (Å²) in [5.74, 6) is 0.0520. The van der Waals surface area contributed by atoms with Crippen LogP contribution in [-0.4, -0.2) is 42.6 Å². The van der Waals surface area contributed by atoms with Gasteiger partial charge in [-0.2, -0.15) is 0 Å². The van der Waals surface area contributed by atoms with Crippen LogP contribution >= 0.6 is 0 Å². The van der Waals surface area contributed by atoms with Crippen LogP contribution in [0.25, 0.3) is 5.65 Å². The van der Waals surface area contributed by atoms with E-state index < -0.39 is 0 Å². The summed E-state index contributed by atoms with van der Waals surface area (Å²) in [5, 5.41) is 0. The van der Waals surface area contributed by atoms with Gasteiger partial charge in [-0.15, -0.1) is 0 Å². The largest absolute Gasteiger partial charge is 0.382 e. The van der Waals surface area contributed by atoms with Gasteiger partial charge in [0.25, 0.3) is 0 Å². The number of methoxy groups -OCH3 is 2. The van der Waals surface area contributed by atoms with E-state index in [1.807, 2.05) is 35.7 Å². The van der Waals surface area contributed by atoms with Crippen LogP contribution in [0.4, 0.5) is 0 Å². The Bertz CT molecular complexity index is 530. The van der Waals surface area contributed by atoms with Crippen LogP contribution in [0.15, 0.2) is 24.4 Å². The lowest BCUT2D eigenvalue weighted by atomic mass is 10.2. The Hall–Kier alpha value is -1.72. The van der Waals surface area contributed by atoms with Crippen LogP contribution < -0.4 is 0 Å². The first-order chi connectivity index (χ1) is 9.11. The highest BCUT2D eigenvalue weighted by Gasteiger charge is 2.11. The molecule has 0 radical (unpaired) electrons. The Morgan fingerprint density at radius 2 is 1.89 bits per heavy atom. The van der Waals surface area contributed by atoms with Crippen molar-refractivity contribution in [2.75, 3.05) is 27.4 Å². The summed E-state index contributed by atoms with van der Waals surface area (Å²) in [7, 11) is 3.30. The highest BCUT2D eigenvalue weighted by Crippen LogP contribution is 2.11. The number of ketones is 1. The number of ether oxygens (including phenoxy) is 2. The van der Waals surface area contributed by atoms with E-state index in [-0.39, 0.29) is 5.78 Å². The molecule has 2 rings (SSSR count). The number of carbonyl (C=O) groups excluding carboxylic acids is 1. The minimum atomic E-state index is 0.0520. The number of rotatable bonds is 4. The minimum Gasteiger partial charge on any atom is -0.382 e. The summed E-state index contributed by atoms with van der Waals surface area (Å²) in [6, 6.07) is 5.69. The van der Waals surface area contributed by atoms with E-state index in [2.05, 4.69) is 14.5 Å². The molecule has 19 heavy (non-hydrogen) atoms. The van der Waals surface area contributed by atoms with Crippen LogP contribution in [0.3, 0.4) is 0 Å². The fourth-order valence-corrected chi connectivity index (χ4v) is 1.70. The summed E-state index contributed by atoms with van der Waals surface area (Å²) in [6.07, 6.45) is 1.85. The number of fused-ring (bicyclic) bond motifs is 1. The van der Waals surface area contributed by atoms with Crippen molar-refractivity contribution in [2.24, 2.45) is 0 Å². The van der Waals surface area contributed by atoms with Gasteiger partial charge in [0.2, 0.25) is 0 Å². The smallest absolute Gasteiger partial charge is 0.178 e. The predicted octanol–water partition coefficient (Wildman–Crippen LogP) is 2.12. The van der Waals surface area contributed by atoms with Crippen molar-refractivity contribution >= 4 is 11.4 Å². The fourth-order valence-electron chi connectivity index (χ4n) is 1.70. The van der Waals surface area contributed by atoms with Crippen LogP contribution in [0.2, 0.25) is 0 Å². The lowest BCUT2D eigenvalue weighted by Gasteiger charge is -1.96. The zero-order valence-electron chi connectivity index (χ0n) is 11.8. The molecule has 0 aliphatic rings. The number of hydrogen-bond donors (Lipinski definition) is 0. The van der Waals surface area contributed by atoms with Crippen LogP contribution in [0.5, 0.6) is 0 Å². The molecular weight excluding hydrogens is 244 g/mol. The normalized spacial score (nSPS) is 10.1. The molecule has 0 saturated carbocycles. The van der Waals surface area contributed by atoms with Gasteiger partial charge < -0.3 is 9.47 Å². The summed E-state index contributed by atoms with van der Waals surface area (Å²) in [4.78, 5) is 15.6. The second-order valence-electron chi connectivity index (χ2n) is 4.02. The first kappa shape index (κ1) is 15.3. The molecule has 5 heteroatoms. The van der Waals surface area contributed by atoms with Gasteiger partial charge in [-0.05, 0) is 19.1 Å². The summed E-state index contributed by atoms with van der Waals surface area (Å²) in [6.45, 7) is 4.79. The molecule has 2 heterocycles. The fraction of sp³-hybridized carbons (Fsp3) is 0.429. The molecule has 0 spiro atoms. The van der Waals surface area contributed by atoms with Crippen molar-refractivity contribution in [3.8, 4) is 0 Å². The van der Waals surface area contributed by atoms with E-state index >= 15 is 0 Å².